The molecule has 1 aromatic carbocycles. The Labute approximate surface area is 85.8 Å². The summed E-state index contributed by atoms with van der Waals surface area (Å²) in [4.78, 5) is 0. The van der Waals surface area contributed by atoms with Crippen LogP contribution in [-0.2, 0) is 0 Å². The fourth-order valence-electron chi connectivity index (χ4n) is 1.30. The van der Waals surface area contributed by atoms with Gasteiger partial charge in [0.15, 0.2) is 0 Å². The largest absolute Gasteiger partial charge is 0.497 e. The molecule has 5 heteroatoms. The SMILES string of the molecule is COc1ccc(C(N)C(F)(F)F)c(C)c1. The van der Waals surface area contributed by atoms with E-state index < -0.39 is 12.2 Å². The van der Waals surface area contributed by atoms with Crippen molar-refractivity contribution >= 4 is 0 Å². The van der Waals surface area contributed by atoms with Gasteiger partial charge in [-0.25, -0.2) is 0 Å². The first-order chi connectivity index (χ1) is 6.86. The Morgan fingerprint density at radius 1 is 1.33 bits per heavy atom. The molecule has 1 atom stereocenters. The third-order valence-corrected chi connectivity index (χ3v) is 2.16. The van der Waals surface area contributed by atoms with E-state index in [9.17, 15) is 13.2 Å². The zero-order valence-electron chi connectivity index (χ0n) is 8.43. The van der Waals surface area contributed by atoms with Gasteiger partial charge in [0, 0.05) is 0 Å². The summed E-state index contributed by atoms with van der Waals surface area (Å²) >= 11 is 0. The van der Waals surface area contributed by atoms with Crippen LogP contribution in [0.4, 0.5) is 13.2 Å². The van der Waals surface area contributed by atoms with Crippen molar-refractivity contribution in [1.29, 1.82) is 0 Å². The summed E-state index contributed by atoms with van der Waals surface area (Å²) in [6.45, 7) is 1.57. The van der Waals surface area contributed by atoms with Crippen LogP contribution < -0.4 is 10.5 Å². The number of benzene rings is 1. The van der Waals surface area contributed by atoms with Crippen molar-refractivity contribution in [2.45, 2.75) is 19.1 Å². The summed E-state index contributed by atoms with van der Waals surface area (Å²) in [6, 6.07) is 2.39. The van der Waals surface area contributed by atoms with Gasteiger partial charge in [0.25, 0.3) is 0 Å². The average molecular weight is 219 g/mol. The van der Waals surface area contributed by atoms with E-state index in [2.05, 4.69) is 0 Å². The fraction of sp³-hybridized carbons (Fsp3) is 0.400. The Kier molecular flexibility index (Phi) is 3.24. The summed E-state index contributed by atoms with van der Waals surface area (Å²) in [5, 5.41) is 0. The number of alkyl halides is 3. The van der Waals surface area contributed by atoms with Crippen molar-refractivity contribution < 1.29 is 17.9 Å². The van der Waals surface area contributed by atoms with Gasteiger partial charge < -0.3 is 10.5 Å². The Morgan fingerprint density at radius 3 is 2.33 bits per heavy atom. The molecule has 84 valence electrons. The molecule has 0 radical (unpaired) electrons. The molecule has 0 aliphatic carbocycles. The Hall–Kier alpha value is -1.23. The second kappa shape index (κ2) is 4.10. The molecular formula is C10H12F3NO. The highest BCUT2D eigenvalue weighted by molar-refractivity contribution is 5.37. The fourth-order valence-corrected chi connectivity index (χ4v) is 1.30. The van der Waals surface area contributed by atoms with E-state index in [1.54, 1.807) is 6.92 Å². The van der Waals surface area contributed by atoms with Crippen molar-refractivity contribution in [2.75, 3.05) is 7.11 Å². The van der Waals surface area contributed by atoms with E-state index in [0.29, 0.717) is 11.3 Å². The molecule has 1 aromatic rings. The second-order valence-corrected chi connectivity index (χ2v) is 3.24. The smallest absolute Gasteiger partial charge is 0.407 e. The van der Waals surface area contributed by atoms with Gasteiger partial charge in [-0.2, -0.15) is 13.2 Å². The second-order valence-electron chi connectivity index (χ2n) is 3.24. The summed E-state index contributed by atoms with van der Waals surface area (Å²) in [5.74, 6) is 0.519. The number of rotatable bonds is 2. The number of hydrogen-bond acceptors (Lipinski definition) is 2. The molecule has 0 aliphatic rings. The molecule has 0 heterocycles. The number of ether oxygens (including phenoxy) is 1. The van der Waals surface area contributed by atoms with Crippen LogP contribution in [0.2, 0.25) is 0 Å². The van der Waals surface area contributed by atoms with Crippen LogP contribution in [0.15, 0.2) is 18.2 Å². The summed E-state index contributed by atoms with van der Waals surface area (Å²) < 4.78 is 41.9. The van der Waals surface area contributed by atoms with Gasteiger partial charge in [-0.05, 0) is 30.2 Å². The molecule has 0 saturated heterocycles. The molecule has 0 aromatic heterocycles. The van der Waals surface area contributed by atoms with Crippen molar-refractivity contribution in [1.82, 2.24) is 0 Å². The van der Waals surface area contributed by atoms with E-state index in [1.807, 2.05) is 0 Å². The number of methoxy groups -OCH3 is 1. The highest BCUT2D eigenvalue weighted by atomic mass is 19.4. The summed E-state index contributed by atoms with van der Waals surface area (Å²) in [7, 11) is 1.46. The molecule has 2 N–H and O–H groups in total. The standard InChI is InChI=1S/C10H12F3NO/c1-6-5-7(15-2)3-4-8(6)9(14)10(11,12)13/h3-5,9H,14H2,1-2H3. The van der Waals surface area contributed by atoms with E-state index in [4.69, 9.17) is 10.5 Å². The molecule has 2 nitrogen and oxygen atoms in total. The molecule has 0 saturated carbocycles. The lowest BCUT2D eigenvalue weighted by atomic mass is 10.0. The highest BCUT2D eigenvalue weighted by Gasteiger charge is 2.38. The number of nitrogens with two attached hydrogens (primary N) is 1. The first-order valence-corrected chi connectivity index (χ1v) is 4.33. The van der Waals surface area contributed by atoms with Crippen molar-refractivity contribution in [3.63, 3.8) is 0 Å². The summed E-state index contributed by atoms with van der Waals surface area (Å²) in [5.41, 5.74) is 5.64. The van der Waals surface area contributed by atoms with Crippen LogP contribution in [0.3, 0.4) is 0 Å². The normalized spacial score (nSPS) is 13.7. The van der Waals surface area contributed by atoms with Gasteiger partial charge in [0.05, 0.1) is 7.11 Å². The van der Waals surface area contributed by atoms with Crippen LogP contribution in [-0.4, -0.2) is 13.3 Å². The van der Waals surface area contributed by atoms with Crippen LogP contribution in [0, 0.1) is 6.92 Å². The van der Waals surface area contributed by atoms with Gasteiger partial charge in [0.1, 0.15) is 11.8 Å². The third-order valence-electron chi connectivity index (χ3n) is 2.16. The minimum absolute atomic E-state index is 0.0725. The molecule has 15 heavy (non-hydrogen) atoms. The number of aryl methyl sites for hydroxylation is 1. The molecule has 1 rings (SSSR count). The maximum absolute atomic E-state index is 12.3. The molecule has 1 unspecified atom stereocenters. The Morgan fingerprint density at radius 2 is 1.93 bits per heavy atom. The monoisotopic (exact) mass is 219 g/mol. The highest BCUT2D eigenvalue weighted by Crippen LogP contribution is 2.33. The van der Waals surface area contributed by atoms with Crippen LogP contribution in [0.1, 0.15) is 17.2 Å². The van der Waals surface area contributed by atoms with Gasteiger partial charge in [0.2, 0.25) is 0 Å². The predicted octanol–water partition coefficient (Wildman–Crippen LogP) is 2.57. The van der Waals surface area contributed by atoms with Crippen molar-refractivity contribution in [3.8, 4) is 5.75 Å². The number of hydrogen-bond donors (Lipinski definition) is 1. The molecular weight excluding hydrogens is 207 g/mol. The van der Waals surface area contributed by atoms with Crippen molar-refractivity contribution in [3.05, 3.63) is 29.3 Å². The van der Waals surface area contributed by atoms with Gasteiger partial charge >= 0.3 is 6.18 Å². The zero-order valence-corrected chi connectivity index (χ0v) is 8.43. The molecule has 0 aliphatic heterocycles. The minimum Gasteiger partial charge on any atom is -0.497 e. The van der Waals surface area contributed by atoms with Gasteiger partial charge in [-0.15, -0.1) is 0 Å². The Balaban J connectivity index is 3.06. The van der Waals surface area contributed by atoms with E-state index >= 15 is 0 Å². The van der Waals surface area contributed by atoms with Crippen LogP contribution in [0.25, 0.3) is 0 Å². The molecule has 0 bridgehead atoms. The maximum atomic E-state index is 12.3. The number of halogens is 3. The van der Waals surface area contributed by atoms with E-state index in [1.165, 1.54) is 25.3 Å². The van der Waals surface area contributed by atoms with E-state index in [-0.39, 0.29) is 5.56 Å². The topological polar surface area (TPSA) is 35.2 Å². The van der Waals surface area contributed by atoms with Crippen LogP contribution >= 0.6 is 0 Å². The lowest BCUT2D eigenvalue weighted by Crippen LogP contribution is -2.29. The lowest BCUT2D eigenvalue weighted by molar-refractivity contribution is -0.149. The first kappa shape index (κ1) is 11.8. The Bertz CT molecular complexity index is 349. The van der Waals surface area contributed by atoms with Gasteiger partial charge in [-0.1, -0.05) is 6.07 Å². The predicted molar refractivity (Wildman–Crippen MR) is 50.7 cm³/mol. The summed E-state index contributed by atoms with van der Waals surface area (Å²) in [6.07, 6.45) is -4.42. The molecule has 0 fully saturated rings. The molecule has 0 amide bonds. The van der Waals surface area contributed by atoms with E-state index in [0.717, 1.165) is 0 Å². The first-order valence-electron chi connectivity index (χ1n) is 4.33. The van der Waals surface area contributed by atoms with Crippen molar-refractivity contribution in [2.24, 2.45) is 5.73 Å². The minimum atomic E-state index is -4.42. The third kappa shape index (κ3) is 2.62. The lowest BCUT2D eigenvalue weighted by Gasteiger charge is -2.18. The average Bonchev–Trinajstić information content (AvgIpc) is 2.15. The maximum Gasteiger partial charge on any atom is 0.407 e. The van der Waals surface area contributed by atoms with Crippen LogP contribution in [0.5, 0.6) is 5.75 Å². The van der Waals surface area contributed by atoms with Gasteiger partial charge in [-0.3, -0.25) is 0 Å². The zero-order chi connectivity index (χ0) is 11.6. The quantitative estimate of drug-likeness (QED) is 0.829. The molecule has 0 spiro atoms.